The lowest BCUT2D eigenvalue weighted by Gasteiger charge is -2.19. The van der Waals surface area contributed by atoms with E-state index in [0.717, 1.165) is 0 Å². The summed E-state index contributed by atoms with van der Waals surface area (Å²) < 4.78 is 16.3. The molecule has 164 valence electrons. The van der Waals surface area contributed by atoms with Crippen molar-refractivity contribution in [3.8, 4) is 0 Å². The van der Waals surface area contributed by atoms with E-state index in [0.29, 0.717) is 0 Å². The lowest BCUT2D eigenvalue weighted by molar-refractivity contribution is -0.147. The van der Waals surface area contributed by atoms with Crippen molar-refractivity contribution >= 4 is 92.3 Å². The Hall–Kier alpha value is -0.480. The summed E-state index contributed by atoms with van der Waals surface area (Å²) in [6, 6.07) is 2.71. The molecule has 1 aromatic heterocycles. The first-order valence-electron chi connectivity index (χ1n) is 8.85. The van der Waals surface area contributed by atoms with Crippen LogP contribution < -0.4 is 0 Å². The molecular weight excluding hydrogens is 527 g/mol. The third-order valence-electron chi connectivity index (χ3n) is 4.47. The molecule has 1 aromatic carbocycles. The van der Waals surface area contributed by atoms with Crippen molar-refractivity contribution in [2.24, 2.45) is 0 Å². The van der Waals surface area contributed by atoms with E-state index >= 15 is 0 Å². The Balaban J connectivity index is 2.12. The summed E-state index contributed by atoms with van der Waals surface area (Å²) in [4.78, 5) is 24.0. The number of aromatic nitrogens is 1. The van der Waals surface area contributed by atoms with Crippen LogP contribution >= 0.6 is 69.6 Å². The van der Waals surface area contributed by atoms with Crippen molar-refractivity contribution in [3.05, 3.63) is 32.9 Å². The molecule has 0 saturated carbocycles. The van der Waals surface area contributed by atoms with Crippen molar-refractivity contribution in [1.82, 2.24) is 4.57 Å². The maximum Gasteiger partial charge on any atom is 0.302 e. The topological polar surface area (TPSA) is 98.0 Å². The monoisotopic (exact) mass is 538 g/mol. The van der Waals surface area contributed by atoms with E-state index in [-0.39, 0.29) is 31.7 Å². The summed E-state index contributed by atoms with van der Waals surface area (Å²) in [5.74, 6) is -1.80. The fraction of sp³-hybridized carbons (Fsp3) is 0.412. The molecular formula is C17H13Cl6NO6. The number of fused-ring (bicyclic) bond motifs is 1. The van der Waals surface area contributed by atoms with Crippen LogP contribution in [0.2, 0.25) is 15.2 Å². The largest absolute Gasteiger partial charge is 0.463 e. The maximum absolute atomic E-state index is 12.7. The van der Waals surface area contributed by atoms with Gasteiger partial charge >= 0.3 is 5.97 Å². The van der Waals surface area contributed by atoms with Crippen LogP contribution in [0.3, 0.4) is 0 Å². The molecule has 0 radical (unpaired) electrons. The van der Waals surface area contributed by atoms with Gasteiger partial charge in [0.2, 0.25) is 5.78 Å². The molecule has 4 atom stereocenters. The average molecular weight is 541 g/mol. The molecule has 0 spiro atoms. The number of nitrogens with zero attached hydrogens (tertiary/aromatic N) is 1. The van der Waals surface area contributed by atoms with Gasteiger partial charge in [-0.3, -0.25) is 9.59 Å². The van der Waals surface area contributed by atoms with E-state index in [4.69, 9.17) is 80.5 Å². The number of benzene rings is 1. The molecule has 2 heterocycles. The van der Waals surface area contributed by atoms with Crippen molar-refractivity contribution in [3.63, 3.8) is 0 Å². The van der Waals surface area contributed by atoms with Crippen LogP contribution in [0.15, 0.2) is 12.1 Å². The third-order valence-corrected chi connectivity index (χ3v) is 6.08. The predicted molar refractivity (Wildman–Crippen MR) is 114 cm³/mol. The van der Waals surface area contributed by atoms with E-state index in [1.807, 2.05) is 0 Å². The van der Waals surface area contributed by atoms with Crippen molar-refractivity contribution in [2.45, 2.75) is 35.2 Å². The highest BCUT2D eigenvalue weighted by atomic mass is 35.6. The lowest BCUT2D eigenvalue weighted by atomic mass is 10.1. The molecule has 1 aliphatic heterocycles. The zero-order chi connectivity index (χ0) is 23.2. The summed E-state index contributed by atoms with van der Waals surface area (Å²) in [6.07, 6.45) is -5.48. The number of carbonyl (C=O) groups is 2. The van der Waals surface area contributed by atoms with Crippen LogP contribution in [0, 0.1) is 0 Å². The van der Waals surface area contributed by atoms with E-state index < -0.39 is 53.6 Å². The van der Waals surface area contributed by atoms with Gasteiger partial charge in [-0.25, -0.2) is 0 Å². The van der Waals surface area contributed by atoms with Gasteiger partial charge in [0.1, 0.15) is 30.1 Å². The number of ether oxygens (including phenoxy) is 2. The number of hydrogen-bond acceptors (Lipinski definition) is 6. The number of rotatable bonds is 4. The molecule has 2 N–H and O–H groups in total. The Morgan fingerprint density at radius 1 is 1.20 bits per heavy atom. The number of hydrogen-bond donors (Lipinski definition) is 2. The summed E-state index contributed by atoms with van der Waals surface area (Å²) in [5, 5.41) is 21.0. The third kappa shape index (κ3) is 4.37. The normalized spacial score (nSPS) is 24.9. The summed E-state index contributed by atoms with van der Waals surface area (Å²) in [6.45, 7) is -1.04. The van der Waals surface area contributed by atoms with Gasteiger partial charge < -0.3 is 24.3 Å². The molecule has 7 nitrogen and oxygen atoms in total. The molecule has 0 aliphatic carbocycles. The highest BCUT2D eigenvalue weighted by Gasteiger charge is 2.46. The maximum atomic E-state index is 12.7. The highest BCUT2D eigenvalue weighted by molar-refractivity contribution is 6.78. The highest BCUT2D eigenvalue weighted by Crippen LogP contribution is 2.44. The van der Waals surface area contributed by atoms with Gasteiger partial charge in [-0.2, -0.15) is 0 Å². The molecule has 1 unspecified atom stereocenters. The van der Waals surface area contributed by atoms with Crippen LogP contribution in [-0.2, 0) is 14.3 Å². The number of alkyl halides is 3. The summed E-state index contributed by atoms with van der Waals surface area (Å²) in [5.41, 5.74) is 0.00154. The second-order valence-electron chi connectivity index (χ2n) is 6.38. The first-order valence-corrected chi connectivity index (χ1v) is 10.4. The minimum absolute atomic E-state index is 0.0921. The first kappa shape index (κ1) is 22.7. The molecule has 0 bridgehead atoms. The van der Waals surface area contributed by atoms with Gasteiger partial charge in [-0.15, -0.1) is 0 Å². The number of esters is 1. The van der Waals surface area contributed by atoms with Crippen LogP contribution in [0.1, 0.15) is 24.9 Å². The molecule has 13 heteroatoms. The van der Waals surface area contributed by atoms with Gasteiger partial charge in [0.15, 0.2) is 6.23 Å². The Morgan fingerprint density at radius 2 is 1.83 bits per heavy atom. The van der Waals surface area contributed by atoms with Gasteiger partial charge in [0.05, 0.1) is 21.1 Å². The van der Waals surface area contributed by atoms with Gasteiger partial charge in [-0.1, -0.05) is 69.6 Å². The molecule has 1 aliphatic rings. The number of Topliss-reactive ketones (excluding diaryl/α,β-unsaturated/α-hetero) is 1. The Kier molecular flexibility index (Phi) is 6.67. The predicted octanol–water partition coefficient (Wildman–Crippen LogP) is 4.34. The minimum Gasteiger partial charge on any atom is -0.463 e. The van der Waals surface area contributed by atoms with Crippen LogP contribution in [0.25, 0.3) is 10.9 Å². The van der Waals surface area contributed by atoms with Crippen molar-refractivity contribution < 1.29 is 30.6 Å². The standard InChI is InChI=1S/C17H13Cl6NO6/c1-5(25)29-4-10-12(26)13(27)16(30-10)24-9-3-8(19)7(18)2-6(9)11(15(24)20)14(28)17(21,22)23/h2-3,10,12-13,16,26-27H,4H2,1H3/t10-,12-,13-,16?/m1/s1/i1D. The summed E-state index contributed by atoms with van der Waals surface area (Å²) in [7, 11) is 0. The van der Waals surface area contributed by atoms with Crippen molar-refractivity contribution in [2.75, 3.05) is 6.61 Å². The summed E-state index contributed by atoms with van der Waals surface area (Å²) >= 11 is 35.9. The van der Waals surface area contributed by atoms with Gasteiger partial charge in [-0.05, 0) is 12.1 Å². The van der Waals surface area contributed by atoms with Crippen LogP contribution in [-0.4, -0.2) is 55.2 Å². The Bertz CT molecular complexity index is 1040. The Morgan fingerprint density at radius 3 is 2.43 bits per heavy atom. The smallest absolute Gasteiger partial charge is 0.302 e. The zero-order valence-corrected chi connectivity index (χ0v) is 19.2. The van der Waals surface area contributed by atoms with E-state index in [2.05, 4.69) is 0 Å². The average Bonchev–Trinajstić information content (AvgIpc) is 3.12. The van der Waals surface area contributed by atoms with Gasteiger partial charge in [0, 0.05) is 13.7 Å². The quantitative estimate of drug-likeness (QED) is 0.340. The van der Waals surface area contributed by atoms with Crippen LogP contribution in [0.4, 0.5) is 0 Å². The molecule has 2 aromatic rings. The fourth-order valence-electron chi connectivity index (χ4n) is 3.13. The number of aliphatic hydroxyl groups is 2. The zero-order valence-electron chi connectivity index (χ0n) is 15.6. The molecule has 30 heavy (non-hydrogen) atoms. The van der Waals surface area contributed by atoms with Gasteiger partial charge in [0.25, 0.3) is 3.79 Å². The fourth-order valence-corrected chi connectivity index (χ4v) is 4.11. The molecule has 0 amide bonds. The number of halogens is 6. The molecule has 1 fully saturated rings. The van der Waals surface area contributed by atoms with E-state index in [1.54, 1.807) is 0 Å². The van der Waals surface area contributed by atoms with Crippen molar-refractivity contribution in [1.29, 1.82) is 0 Å². The Labute approximate surface area is 201 Å². The number of aliphatic hydroxyl groups excluding tert-OH is 2. The number of ketones is 1. The first-order chi connectivity index (χ1) is 14.4. The van der Waals surface area contributed by atoms with Crippen LogP contribution in [0.5, 0.6) is 0 Å². The lowest BCUT2D eigenvalue weighted by Crippen LogP contribution is -2.34. The van der Waals surface area contributed by atoms with E-state index in [1.165, 1.54) is 16.7 Å². The molecule has 1 saturated heterocycles. The minimum atomic E-state index is -2.35. The second-order valence-corrected chi connectivity index (χ2v) is 9.83. The number of carbonyl (C=O) groups excluding carboxylic acids is 2. The molecule has 3 rings (SSSR count). The van der Waals surface area contributed by atoms with E-state index in [9.17, 15) is 19.8 Å². The SMILES string of the molecule is [2H]CC(=O)OC[C@H]1OC(n2c(Cl)c(C(=O)C(Cl)(Cl)Cl)c3cc(Cl)c(Cl)cc32)[C@H](O)[C@@H]1O. The second kappa shape index (κ2) is 8.81.